The lowest BCUT2D eigenvalue weighted by molar-refractivity contribution is 0.209. The van der Waals surface area contributed by atoms with Gasteiger partial charge in [0.1, 0.15) is 0 Å². The van der Waals surface area contributed by atoms with E-state index in [1.807, 2.05) is 12.1 Å². The van der Waals surface area contributed by atoms with Gasteiger partial charge in [0, 0.05) is 48.8 Å². The third kappa shape index (κ3) is 9.76. The molecular formula is C32H45ClN4S. The largest absolute Gasteiger partial charge is 0.345 e. The van der Waals surface area contributed by atoms with Gasteiger partial charge in [-0.2, -0.15) is 0 Å². The van der Waals surface area contributed by atoms with Gasteiger partial charge in [-0.25, -0.2) is 0 Å². The number of nitrogens with one attached hydrogen (secondary N) is 1. The topological polar surface area (TPSA) is 23.4 Å². The van der Waals surface area contributed by atoms with Crippen molar-refractivity contribution in [3.8, 4) is 0 Å². The lowest BCUT2D eigenvalue weighted by Gasteiger charge is -2.30. The molecule has 0 unspecified atom stereocenters. The molecule has 2 aromatic carbocycles. The summed E-state index contributed by atoms with van der Waals surface area (Å²) in [4.78, 5) is 4.94. The van der Waals surface area contributed by atoms with Crippen LogP contribution in [0, 0.1) is 11.8 Å². The zero-order valence-corrected chi connectivity index (χ0v) is 25.4. The van der Waals surface area contributed by atoms with Gasteiger partial charge in [-0.3, -0.25) is 0 Å². The summed E-state index contributed by atoms with van der Waals surface area (Å²) in [6, 6.07) is 20.9. The van der Waals surface area contributed by atoms with Crippen molar-refractivity contribution in [2.24, 2.45) is 11.8 Å². The summed E-state index contributed by atoms with van der Waals surface area (Å²) in [6.45, 7) is 17.2. The van der Waals surface area contributed by atoms with E-state index in [-0.39, 0.29) is 0 Å². The van der Waals surface area contributed by atoms with Gasteiger partial charge in [0.05, 0.1) is 6.54 Å². The van der Waals surface area contributed by atoms with E-state index in [0.29, 0.717) is 11.8 Å². The third-order valence-electron chi connectivity index (χ3n) is 6.62. The molecule has 0 aliphatic rings. The summed E-state index contributed by atoms with van der Waals surface area (Å²) in [6.07, 6.45) is 4.18. The SMILES string of the molecule is CCc1ccccc1NC(=S)N(CCCN(CC(C)C)CC(C)C)Cc1cccn1Cc1ccc(Cl)cc1. The molecule has 0 saturated carbocycles. The molecule has 38 heavy (non-hydrogen) atoms. The van der Waals surface area contributed by atoms with Crippen molar-refractivity contribution in [2.45, 2.75) is 60.5 Å². The molecule has 0 fully saturated rings. The Kier molecular flexibility index (Phi) is 12.2. The molecule has 1 aromatic heterocycles. The molecule has 0 aliphatic heterocycles. The zero-order valence-electron chi connectivity index (χ0n) is 23.8. The van der Waals surface area contributed by atoms with Gasteiger partial charge in [0.2, 0.25) is 0 Å². The number of thiocarbonyl (C=S) groups is 1. The minimum absolute atomic E-state index is 0.661. The van der Waals surface area contributed by atoms with Gasteiger partial charge in [-0.1, -0.05) is 76.6 Å². The van der Waals surface area contributed by atoms with Crippen LogP contribution in [-0.2, 0) is 19.5 Å². The van der Waals surface area contributed by atoms with Crippen LogP contribution in [0.15, 0.2) is 66.9 Å². The van der Waals surface area contributed by atoms with Crippen molar-refractivity contribution in [3.05, 3.63) is 88.7 Å². The standard InChI is InChI=1S/C32H45ClN4S/c1-6-28-11-7-8-13-31(28)34-32(38)37(20-10-18-35(21-25(2)3)22-26(4)5)24-30-12-9-19-36(30)23-27-14-16-29(33)17-15-27/h7-9,11-17,19,25-26H,6,10,18,20-24H2,1-5H3,(H,34,38). The van der Waals surface area contributed by atoms with Crippen LogP contribution < -0.4 is 5.32 Å². The summed E-state index contributed by atoms with van der Waals surface area (Å²) in [5.74, 6) is 1.32. The molecule has 6 heteroatoms. The van der Waals surface area contributed by atoms with E-state index in [1.54, 1.807) is 0 Å². The Morgan fingerprint density at radius 2 is 1.61 bits per heavy atom. The fraction of sp³-hybridized carbons (Fsp3) is 0.469. The van der Waals surface area contributed by atoms with E-state index in [9.17, 15) is 0 Å². The number of nitrogens with zero attached hydrogens (tertiary/aromatic N) is 3. The minimum atomic E-state index is 0.661. The van der Waals surface area contributed by atoms with Crippen LogP contribution in [0.1, 0.15) is 57.9 Å². The first-order valence-corrected chi connectivity index (χ1v) is 14.8. The van der Waals surface area contributed by atoms with Crippen molar-refractivity contribution in [1.29, 1.82) is 0 Å². The summed E-state index contributed by atoms with van der Waals surface area (Å²) < 4.78 is 2.31. The van der Waals surface area contributed by atoms with E-state index < -0.39 is 0 Å². The minimum Gasteiger partial charge on any atom is -0.345 e. The summed E-state index contributed by atoms with van der Waals surface area (Å²) in [5, 5.41) is 5.12. The van der Waals surface area contributed by atoms with E-state index in [2.05, 4.69) is 109 Å². The Hall–Kier alpha value is -2.34. The molecule has 4 nitrogen and oxygen atoms in total. The zero-order chi connectivity index (χ0) is 27.5. The van der Waals surface area contributed by atoms with Gasteiger partial charge in [-0.15, -0.1) is 0 Å². The molecule has 0 atom stereocenters. The van der Waals surface area contributed by atoms with Gasteiger partial charge in [-0.05, 0) is 84.9 Å². The van der Waals surface area contributed by atoms with Crippen LogP contribution in [0.2, 0.25) is 5.02 Å². The van der Waals surface area contributed by atoms with E-state index >= 15 is 0 Å². The molecule has 3 aromatic rings. The smallest absolute Gasteiger partial charge is 0.173 e. The molecule has 0 amide bonds. The molecule has 3 rings (SSSR count). The predicted molar refractivity (Wildman–Crippen MR) is 168 cm³/mol. The van der Waals surface area contributed by atoms with Crippen LogP contribution in [-0.4, -0.2) is 45.7 Å². The second-order valence-corrected chi connectivity index (χ2v) is 11.8. The average Bonchev–Trinajstić information content (AvgIpc) is 3.30. The van der Waals surface area contributed by atoms with Gasteiger partial charge < -0.3 is 19.7 Å². The van der Waals surface area contributed by atoms with E-state index in [4.69, 9.17) is 23.8 Å². The first kappa shape index (κ1) is 30.2. The average molecular weight is 553 g/mol. The number of anilines is 1. The molecular weight excluding hydrogens is 508 g/mol. The van der Waals surface area contributed by atoms with E-state index in [0.717, 1.165) is 67.9 Å². The highest BCUT2D eigenvalue weighted by atomic mass is 35.5. The molecule has 0 aliphatic carbocycles. The summed E-state index contributed by atoms with van der Waals surface area (Å²) in [5.41, 5.74) is 4.85. The maximum absolute atomic E-state index is 6.10. The van der Waals surface area contributed by atoms with Gasteiger partial charge >= 0.3 is 0 Å². The number of hydrogen-bond acceptors (Lipinski definition) is 2. The first-order chi connectivity index (χ1) is 18.2. The number of aromatic nitrogens is 1. The van der Waals surface area contributed by atoms with Gasteiger partial charge in [0.15, 0.2) is 5.11 Å². The van der Waals surface area contributed by atoms with Crippen molar-refractivity contribution in [3.63, 3.8) is 0 Å². The van der Waals surface area contributed by atoms with E-state index in [1.165, 1.54) is 16.8 Å². The Morgan fingerprint density at radius 1 is 0.921 bits per heavy atom. The number of aryl methyl sites for hydroxylation is 1. The van der Waals surface area contributed by atoms with Crippen molar-refractivity contribution in [2.75, 3.05) is 31.5 Å². The Bertz CT molecular complexity index is 1110. The highest BCUT2D eigenvalue weighted by Gasteiger charge is 2.16. The summed E-state index contributed by atoms with van der Waals surface area (Å²) >= 11 is 12.1. The highest BCUT2D eigenvalue weighted by Crippen LogP contribution is 2.19. The van der Waals surface area contributed by atoms with Crippen molar-refractivity contribution < 1.29 is 0 Å². The second kappa shape index (κ2) is 15.3. The van der Waals surface area contributed by atoms with Crippen LogP contribution in [0.5, 0.6) is 0 Å². The maximum Gasteiger partial charge on any atom is 0.173 e. The third-order valence-corrected chi connectivity index (χ3v) is 7.23. The number of halogens is 1. The van der Waals surface area contributed by atoms with Gasteiger partial charge in [0.25, 0.3) is 0 Å². The highest BCUT2D eigenvalue weighted by molar-refractivity contribution is 7.80. The second-order valence-electron chi connectivity index (χ2n) is 11.0. The maximum atomic E-state index is 6.10. The van der Waals surface area contributed by atoms with Crippen LogP contribution in [0.4, 0.5) is 5.69 Å². The monoisotopic (exact) mass is 552 g/mol. The fourth-order valence-corrected chi connectivity index (χ4v) is 5.29. The fourth-order valence-electron chi connectivity index (χ4n) is 4.90. The molecule has 1 heterocycles. The Morgan fingerprint density at radius 3 is 2.26 bits per heavy atom. The summed E-state index contributed by atoms with van der Waals surface area (Å²) in [7, 11) is 0. The molecule has 0 saturated heterocycles. The Balaban J connectivity index is 1.75. The quantitative estimate of drug-likeness (QED) is 0.205. The lowest BCUT2D eigenvalue weighted by atomic mass is 10.1. The first-order valence-electron chi connectivity index (χ1n) is 14.0. The number of benzene rings is 2. The van der Waals surface area contributed by atoms with Crippen molar-refractivity contribution >= 4 is 34.6 Å². The Labute approximate surface area is 241 Å². The normalized spacial score (nSPS) is 11.5. The molecule has 206 valence electrons. The number of para-hydroxylation sites is 1. The lowest BCUT2D eigenvalue weighted by Crippen LogP contribution is -2.38. The van der Waals surface area contributed by atoms with Crippen LogP contribution in [0.3, 0.4) is 0 Å². The molecule has 1 N–H and O–H groups in total. The van der Waals surface area contributed by atoms with Crippen LogP contribution >= 0.6 is 23.8 Å². The van der Waals surface area contributed by atoms with Crippen LogP contribution in [0.25, 0.3) is 0 Å². The number of rotatable bonds is 14. The molecule has 0 bridgehead atoms. The molecule has 0 spiro atoms. The number of hydrogen-bond donors (Lipinski definition) is 1. The van der Waals surface area contributed by atoms with Crippen molar-refractivity contribution in [1.82, 2.24) is 14.4 Å². The predicted octanol–water partition coefficient (Wildman–Crippen LogP) is 7.96. The molecule has 0 radical (unpaired) electrons.